The number of hydrogen-bond donors (Lipinski definition) is 1. The predicted octanol–water partition coefficient (Wildman–Crippen LogP) is 2.95. The summed E-state index contributed by atoms with van der Waals surface area (Å²) in [5, 5.41) is 0. The van der Waals surface area contributed by atoms with Gasteiger partial charge < -0.3 is 5.73 Å². The molecule has 1 atom stereocenters. The normalized spacial score (nSPS) is 18.1. The third-order valence-electron chi connectivity index (χ3n) is 4.06. The van der Waals surface area contributed by atoms with Crippen LogP contribution >= 0.6 is 0 Å². The van der Waals surface area contributed by atoms with Gasteiger partial charge in [0.25, 0.3) is 0 Å². The third kappa shape index (κ3) is 3.33. The van der Waals surface area contributed by atoms with Gasteiger partial charge in [0.15, 0.2) is 0 Å². The highest BCUT2D eigenvalue weighted by Gasteiger charge is 2.20. The molecule has 18 heavy (non-hydrogen) atoms. The number of benzene rings is 1. The molecule has 0 aromatic heterocycles. The van der Waals surface area contributed by atoms with Gasteiger partial charge in [-0.1, -0.05) is 44.0 Å². The van der Waals surface area contributed by atoms with Crippen molar-refractivity contribution in [3.8, 4) is 0 Å². The molecule has 2 heteroatoms. The van der Waals surface area contributed by atoms with E-state index in [1.54, 1.807) is 0 Å². The van der Waals surface area contributed by atoms with Crippen molar-refractivity contribution in [2.24, 2.45) is 5.73 Å². The summed E-state index contributed by atoms with van der Waals surface area (Å²) in [5.41, 5.74) is 9.01. The molecule has 1 unspecified atom stereocenters. The van der Waals surface area contributed by atoms with Crippen LogP contribution in [0.5, 0.6) is 0 Å². The van der Waals surface area contributed by atoms with Crippen molar-refractivity contribution in [3.05, 3.63) is 35.4 Å². The molecule has 0 saturated carbocycles. The van der Waals surface area contributed by atoms with Crippen molar-refractivity contribution in [2.45, 2.75) is 51.6 Å². The summed E-state index contributed by atoms with van der Waals surface area (Å²) in [6, 6.07) is 9.44. The molecule has 2 rings (SSSR count). The molecule has 0 bridgehead atoms. The molecule has 0 amide bonds. The first-order chi connectivity index (χ1) is 8.85. The van der Waals surface area contributed by atoms with E-state index in [0.717, 1.165) is 13.1 Å². The van der Waals surface area contributed by atoms with Gasteiger partial charge in [-0.3, -0.25) is 4.90 Å². The zero-order valence-corrected chi connectivity index (χ0v) is 11.6. The Morgan fingerprint density at radius 1 is 1.28 bits per heavy atom. The first-order valence-corrected chi connectivity index (χ1v) is 7.36. The number of unbranched alkanes of at least 4 members (excludes halogenated alkanes) is 1. The molecule has 1 heterocycles. The van der Waals surface area contributed by atoms with E-state index in [9.17, 15) is 0 Å². The van der Waals surface area contributed by atoms with Gasteiger partial charge in [-0.15, -0.1) is 0 Å². The first kappa shape index (κ1) is 13.6. The monoisotopic (exact) mass is 246 g/mol. The van der Waals surface area contributed by atoms with E-state index in [4.69, 9.17) is 5.73 Å². The number of aryl methyl sites for hydroxylation is 1. The summed E-state index contributed by atoms with van der Waals surface area (Å²) in [7, 11) is 0. The first-order valence-electron chi connectivity index (χ1n) is 7.36. The van der Waals surface area contributed by atoms with Crippen LogP contribution in [0.1, 0.15) is 43.7 Å². The lowest BCUT2D eigenvalue weighted by Gasteiger charge is -2.30. The fraction of sp³-hybridized carbons (Fsp3) is 0.625. The molecule has 2 nitrogen and oxygen atoms in total. The van der Waals surface area contributed by atoms with E-state index < -0.39 is 0 Å². The molecule has 1 aliphatic heterocycles. The SMILES string of the molecule is CCCCC(CN)N1CCCc2ccccc2C1. The van der Waals surface area contributed by atoms with Crippen molar-refractivity contribution >= 4 is 0 Å². The summed E-state index contributed by atoms with van der Waals surface area (Å²) in [5.74, 6) is 0. The Labute approximate surface area is 111 Å². The molecular formula is C16H26N2. The summed E-state index contributed by atoms with van der Waals surface area (Å²) < 4.78 is 0. The maximum atomic E-state index is 5.97. The van der Waals surface area contributed by atoms with Crippen molar-refractivity contribution in [1.29, 1.82) is 0 Å². The van der Waals surface area contributed by atoms with Crippen LogP contribution in [-0.2, 0) is 13.0 Å². The van der Waals surface area contributed by atoms with E-state index in [1.807, 2.05) is 0 Å². The lowest BCUT2D eigenvalue weighted by molar-refractivity contribution is 0.182. The van der Waals surface area contributed by atoms with Crippen molar-refractivity contribution < 1.29 is 0 Å². The smallest absolute Gasteiger partial charge is 0.0239 e. The molecule has 1 aliphatic rings. The van der Waals surface area contributed by atoms with Crippen LogP contribution in [0.25, 0.3) is 0 Å². The van der Waals surface area contributed by atoms with Gasteiger partial charge in [0.05, 0.1) is 0 Å². The highest BCUT2D eigenvalue weighted by atomic mass is 15.2. The average Bonchev–Trinajstić information content (AvgIpc) is 2.62. The maximum absolute atomic E-state index is 5.97. The summed E-state index contributed by atoms with van der Waals surface area (Å²) in [4.78, 5) is 2.60. The zero-order chi connectivity index (χ0) is 12.8. The average molecular weight is 246 g/mol. The van der Waals surface area contributed by atoms with E-state index >= 15 is 0 Å². The predicted molar refractivity (Wildman–Crippen MR) is 77.5 cm³/mol. The second kappa shape index (κ2) is 6.91. The van der Waals surface area contributed by atoms with E-state index in [-0.39, 0.29) is 0 Å². The van der Waals surface area contributed by atoms with Gasteiger partial charge in [-0.2, -0.15) is 0 Å². The zero-order valence-electron chi connectivity index (χ0n) is 11.6. The summed E-state index contributed by atoms with van der Waals surface area (Å²) in [6.45, 7) is 5.33. The Morgan fingerprint density at radius 2 is 2.06 bits per heavy atom. The summed E-state index contributed by atoms with van der Waals surface area (Å²) >= 11 is 0. The number of fused-ring (bicyclic) bond motifs is 1. The molecule has 0 fully saturated rings. The van der Waals surface area contributed by atoms with Gasteiger partial charge in [0.2, 0.25) is 0 Å². The highest BCUT2D eigenvalue weighted by Crippen LogP contribution is 2.21. The second-order valence-corrected chi connectivity index (χ2v) is 5.37. The minimum absolute atomic E-state index is 0.566. The Hall–Kier alpha value is -0.860. The molecule has 0 saturated heterocycles. The number of hydrogen-bond acceptors (Lipinski definition) is 2. The van der Waals surface area contributed by atoms with Crippen molar-refractivity contribution in [2.75, 3.05) is 13.1 Å². The lowest BCUT2D eigenvalue weighted by Crippen LogP contribution is -2.40. The third-order valence-corrected chi connectivity index (χ3v) is 4.06. The lowest BCUT2D eigenvalue weighted by atomic mass is 10.0. The number of nitrogens with zero attached hydrogens (tertiary/aromatic N) is 1. The van der Waals surface area contributed by atoms with Gasteiger partial charge in [0.1, 0.15) is 0 Å². The molecule has 1 aromatic carbocycles. The Balaban J connectivity index is 2.06. The van der Waals surface area contributed by atoms with E-state index in [0.29, 0.717) is 6.04 Å². The molecule has 0 aliphatic carbocycles. The molecule has 100 valence electrons. The Bertz CT molecular complexity index is 362. The minimum Gasteiger partial charge on any atom is -0.329 e. The quantitative estimate of drug-likeness (QED) is 0.865. The fourth-order valence-electron chi connectivity index (χ4n) is 2.93. The van der Waals surface area contributed by atoms with Gasteiger partial charge in [-0.05, 0) is 36.9 Å². The standard InChI is InChI=1S/C16H26N2/c1-2-3-10-16(12-17)18-11-6-9-14-7-4-5-8-15(14)13-18/h4-5,7-8,16H,2-3,6,9-13,17H2,1H3. The van der Waals surface area contributed by atoms with Crippen LogP contribution in [0.2, 0.25) is 0 Å². The Kier molecular flexibility index (Phi) is 5.21. The van der Waals surface area contributed by atoms with Crippen LogP contribution in [0, 0.1) is 0 Å². The van der Waals surface area contributed by atoms with Crippen LogP contribution in [-0.4, -0.2) is 24.0 Å². The minimum atomic E-state index is 0.566. The second-order valence-electron chi connectivity index (χ2n) is 5.37. The number of rotatable bonds is 5. The van der Waals surface area contributed by atoms with Gasteiger partial charge >= 0.3 is 0 Å². The molecule has 1 aromatic rings. The Morgan fingerprint density at radius 3 is 2.78 bits per heavy atom. The van der Waals surface area contributed by atoms with Crippen molar-refractivity contribution in [3.63, 3.8) is 0 Å². The van der Waals surface area contributed by atoms with Crippen LogP contribution in [0.3, 0.4) is 0 Å². The van der Waals surface area contributed by atoms with E-state index in [2.05, 4.69) is 36.1 Å². The highest BCUT2D eigenvalue weighted by molar-refractivity contribution is 5.28. The molecule has 0 spiro atoms. The van der Waals surface area contributed by atoms with E-state index in [1.165, 1.54) is 49.8 Å². The molecular weight excluding hydrogens is 220 g/mol. The van der Waals surface area contributed by atoms with Gasteiger partial charge in [0, 0.05) is 19.1 Å². The largest absolute Gasteiger partial charge is 0.329 e. The maximum Gasteiger partial charge on any atom is 0.0239 e. The van der Waals surface area contributed by atoms with Crippen molar-refractivity contribution in [1.82, 2.24) is 4.90 Å². The van der Waals surface area contributed by atoms with Crippen LogP contribution in [0.4, 0.5) is 0 Å². The number of nitrogens with two attached hydrogens (primary N) is 1. The van der Waals surface area contributed by atoms with Gasteiger partial charge in [-0.25, -0.2) is 0 Å². The van der Waals surface area contributed by atoms with Crippen LogP contribution in [0.15, 0.2) is 24.3 Å². The molecule has 0 radical (unpaired) electrons. The molecule has 2 N–H and O–H groups in total. The topological polar surface area (TPSA) is 29.3 Å². The summed E-state index contributed by atoms with van der Waals surface area (Å²) in [6.07, 6.45) is 6.29. The fourth-order valence-corrected chi connectivity index (χ4v) is 2.93. The van der Waals surface area contributed by atoms with Crippen LogP contribution < -0.4 is 5.73 Å².